The first-order chi connectivity index (χ1) is 3.62. The number of hydrogen-bond acceptors (Lipinski definition) is 3. The number of nitrogens with one attached hydrogen (secondary N) is 1. The van der Waals surface area contributed by atoms with Gasteiger partial charge in [-0.25, -0.2) is 0 Å². The predicted molar refractivity (Wildman–Crippen MR) is 30.7 cm³/mol. The van der Waals surface area contributed by atoms with E-state index in [1.807, 2.05) is 4.72 Å². The van der Waals surface area contributed by atoms with Crippen LogP contribution in [0.4, 0.5) is 0 Å². The minimum atomic E-state index is -3.42. The third-order valence-electron chi connectivity index (χ3n) is 0.523. The Morgan fingerprint density at radius 3 is 2.22 bits per heavy atom. The average molecular weight is 163 g/mol. The van der Waals surface area contributed by atoms with Crippen molar-refractivity contribution in [3.8, 4) is 0 Å². The van der Waals surface area contributed by atoms with Gasteiger partial charge in [0, 0.05) is 7.05 Å². The van der Waals surface area contributed by atoms with E-state index < -0.39 is 10.3 Å². The SMILES string of the molecule is CCOS(=O)(=O)NC.[H-].[Na+]. The van der Waals surface area contributed by atoms with Crippen molar-refractivity contribution < 1.29 is 43.6 Å². The first kappa shape index (κ1) is 12.5. The van der Waals surface area contributed by atoms with Gasteiger partial charge >= 0.3 is 39.9 Å². The van der Waals surface area contributed by atoms with Crippen LogP contribution in [0.25, 0.3) is 0 Å². The summed E-state index contributed by atoms with van der Waals surface area (Å²) in [5, 5.41) is 0. The number of hydrogen-bond donors (Lipinski definition) is 1. The minimum Gasteiger partial charge on any atom is -1.00 e. The Morgan fingerprint density at radius 1 is 1.67 bits per heavy atom. The van der Waals surface area contributed by atoms with Gasteiger partial charge in [0.2, 0.25) is 0 Å². The molecule has 0 aromatic carbocycles. The van der Waals surface area contributed by atoms with Crippen molar-refractivity contribution in [2.45, 2.75) is 6.92 Å². The van der Waals surface area contributed by atoms with Crippen LogP contribution in [0.15, 0.2) is 0 Å². The van der Waals surface area contributed by atoms with Crippen molar-refractivity contribution in [1.82, 2.24) is 4.72 Å². The molecule has 0 aliphatic rings. The van der Waals surface area contributed by atoms with E-state index in [1.54, 1.807) is 6.92 Å². The van der Waals surface area contributed by atoms with Gasteiger partial charge in [0.15, 0.2) is 0 Å². The summed E-state index contributed by atoms with van der Waals surface area (Å²) in [5.74, 6) is 0. The van der Waals surface area contributed by atoms with Crippen LogP contribution in [0.1, 0.15) is 8.35 Å². The van der Waals surface area contributed by atoms with Crippen molar-refractivity contribution in [3.05, 3.63) is 0 Å². The van der Waals surface area contributed by atoms with Crippen molar-refractivity contribution >= 4 is 10.3 Å². The van der Waals surface area contributed by atoms with E-state index in [9.17, 15) is 8.42 Å². The van der Waals surface area contributed by atoms with E-state index in [-0.39, 0.29) is 37.6 Å². The zero-order chi connectivity index (χ0) is 6.62. The Balaban J connectivity index is -0.000000245. The molecule has 0 aliphatic heterocycles. The molecule has 0 rings (SSSR count). The van der Waals surface area contributed by atoms with E-state index in [2.05, 4.69) is 4.18 Å². The van der Waals surface area contributed by atoms with Gasteiger partial charge in [0.25, 0.3) is 0 Å². The van der Waals surface area contributed by atoms with Crippen LogP contribution in [0, 0.1) is 0 Å². The second-order valence-corrected chi connectivity index (χ2v) is 2.62. The fraction of sp³-hybridized carbons (Fsp3) is 1.00. The van der Waals surface area contributed by atoms with Crippen LogP contribution in [-0.2, 0) is 14.5 Å². The second kappa shape index (κ2) is 5.64. The first-order valence-corrected chi connectivity index (χ1v) is 3.61. The van der Waals surface area contributed by atoms with Crippen molar-refractivity contribution in [3.63, 3.8) is 0 Å². The third kappa shape index (κ3) is 6.76. The van der Waals surface area contributed by atoms with Crippen LogP contribution in [0.5, 0.6) is 0 Å². The smallest absolute Gasteiger partial charge is 1.00 e. The maximum absolute atomic E-state index is 10.3. The molecule has 0 spiro atoms. The molecule has 0 unspecified atom stereocenters. The van der Waals surface area contributed by atoms with E-state index in [4.69, 9.17) is 0 Å². The summed E-state index contributed by atoms with van der Waals surface area (Å²) in [6, 6.07) is 0. The minimum absolute atomic E-state index is 0. The summed E-state index contributed by atoms with van der Waals surface area (Å²) >= 11 is 0. The summed E-state index contributed by atoms with van der Waals surface area (Å²) in [4.78, 5) is 0. The van der Waals surface area contributed by atoms with Crippen molar-refractivity contribution in [2.24, 2.45) is 0 Å². The Morgan fingerprint density at radius 2 is 2.11 bits per heavy atom. The van der Waals surface area contributed by atoms with Gasteiger partial charge in [-0.2, -0.15) is 13.1 Å². The van der Waals surface area contributed by atoms with E-state index in [0.717, 1.165) is 0 Å². The average Bonchev–Trinajstić information content (AvgIpc) is 1.67. The second-order valence-electron chi connectivity index (χ2n) is 1.06. The quantitative estimate of drug-likeness (QED) is 0.441. The maximum Gasteiger partial charge on any atom is 1.00 e. The predicted octanol–water partition coefficient (Wildman–Crippen LogP) is -3.40. The molecule has 0 saturated carbocycles. The normalized spacial score (nSPS) is 10.4. The first-order valence-electron chi connectivity index (χ1n) is 2.20. The summed E-state index contributed by atoms with van der Waals surface area (Å²) in [6.07, 6.45) is 0. The van der Waals surface area contributed by atoms with Gasteiger partial charge in [0.1, 0.15) is 0 Å². The Labute approximate surface area is 79.0 Å². The van der Waals surface area contributed by atoms with Gasteiger partial charge < -0.3 is 1.43 Å². The molecule has 1 N–H and O–H groups in total. The molecule has 0 aromatic heterocycles. The van der Waals surface area contributed by atoms with Crippen LogP contribution in [0.3, 0.4) is 0 Å². The van der Waals surface area contributed by atoms with Gasteiger partial charge in [-0.1, -0.05) is 0 Å². The topological polar surface area (TPSA) is 55.4 Å². The Bertz CT molecular complexity index is 148. The molecule has 0 aliphatic carbocycles. The fourth-order valence-electron chi connectivity index (χ4n) is 0.214. The Hall–Kier alpha value is 0.870. The molecule has 0 radical (unpaired) electrons. The molecular weight excluding hydrogens is 153 g/mol. The van der Waals surface area contributed by atoms with Gasteiger partial charge in [-0.3, -0.25) is 4.18 Å². The summed E-state index contributed by atoms with van der Waals surface area (Å²) in [6.45, 7) is 1.78. The monoisotopic (exact) mass is 163 g/mol. The molecule has 52 valence electrons. The third-order valence-corrected chi connectivity index (χ3v) is 1.57. The van der Waals surface area contributed by atoms with Crippen molar-refractivity contribution in [1.29, 1.82) is 0 Å². The molecule has 0 bridgehead atoms. The van der Waals surface area contributed by atoms with Crippen LogP contribution >= 0.6 is 0 Å². The fourth-order valence-corrected chi connectivity index (χ4v) is 0.642. The van der Waals surface area contributed by atoms with Crippen LogP contribution < -0.4 is 34.3 Å². The molecule has 0 amide bonds. The zero-order valence-corrected chi connectivity index (χ0v) is 8.66. The van der Waals surface area contributed by atoms with Crippen molar-refractivity contribution in [2.75, 3.05) is 13.7 Å². The van der Waals surface area contributed by atoms with Crippen LogP contribution in [0.2, 0.25) is 0 Å². The van der Waals surface area contributed by atoms with Gasteiger partial charge in [0.05, 0.1) is 6.61 Å². The summed E-state index contributed by atoms with van der Waals surface area (Å²) < 4.78 is 26.8. The maximum atomic E-state index is 10.3. The molecule has 0 atom stereocenters. The summed E-state index contributed by atoms with van der Waals surface area (Å²) in [5.41, 5.74) is 0. The Kier molecular flexibility index (Phi) is 7.86. The van der Waals surface area contributed by atoms with E-state index in [1.165, 1.54) is 7.05 Å². The molecular formula is C3H10NNaO3S. The van der Waals surface area contributed by atoms with E-state index >= 15 is 0 Å². The zero-order valence-electron chi connectivity index (χ0n) is 6.84. The molecule has 0 heterocycles. The van der Waals surface area contributed by atoms with Gasteiger partial charge in [-0.15, -0.1) is 0 Å². The van der Waals surface area contributed by atoms with Crippen LogP contribution in [-0.4, -0.2) is 22.1 Å². The standard InChI is InChI=1S/C3H9NO3S.Na.H/c1-3-7-8(5,6)4-2;;/h4H,3H2,1-2H3;;/q;+1;-1. The largest absolute Gasteiger partial charge is 1.00 e. The molecule has 9 heavy (non-hydrogen) atoms. The van der Waals surface area contributed by atoms with Gasteiger partial charge in [-0.05, 0) is 6.92 Å². The molecule has 0 saturated heterocycles. The summed E-state index contributed by atoms with van der Waals surface area (Å²) in [7, 11) is -2.12. The van der Waals surface area contributed by atoms with E-state index in [0.29, 0.717) is 0 Å². The molecule has 0 aromatic rings. The number of rotatable bonds is 3. The molecule has 0 fully saturated rings. The molecule has 4 nitrogen and oxygen atoms in total. The molecule has 6 heteroatoms.